The van der Waals surface area contributed by atoms with E-state index in [0.29, 0.717) is 31.1 Å². The molecule has 1 fully saturated rings. The number of nitriles is 1. The first kappa shape index (κ1) is 22.7. The summed E-state index contributed by atoms with van der Waals surface area (Å²) >= 11 is 0. The van der Waals surface area contributed by atoms with E-state index in [9.17, 15) is 10.1 Å². The van der Waals surface area contributed by atoms with Gasteiger partial charge in [0.05, 0.1) is 30.9 Å². The van der Waals surface area contributed by atoms with Gasteiger partial charge in [0.1, 0.15) is 11.4 Å². The van der Waals surface area contributed by atoms with Crippen molar-refractivity contribution < 1.29 is 23.7 Å². The third-order valence-corrected chi connectivity index (χ3v) is 4.29. The standard InChI is InChI=1S/C22H30N2O5/c1-22(2,3)29-21(25)24-11-5-6-19(24)9-8-18-14-17(15-23)7-10-20(18)28-16-27-13-12-26-4/h7-10,14,19H,5-6,11-13,16H2,1-4H3/b9-8+. The molecule has 7 heteroatoms. The van der Waals surface area contributed by atoms with Crippen LogP contribution in [-0.2, 0) is 14.2 Å². The zero-order chi connectivity index (χ0) is 21.3. The number of amides is 1. The van der Waals surface area contributed by atoms with Crippen LogP contribution in [0.2, 0.25) is 0 Å². The lowest BCUT2D eigenvalue weighted by Gasteiger charge is -2.27. The van der Waals surface area contributed by atoms with E-state index in [4.69, 9.17) is 18.9 Å². The third kappa shape index (κ3) is 7.41. The van der Waals surface area contributed by atoms with Gasteiger partial charge in [-0.3, -0.25) is 0 Å². The number of carbonyl (C=O) groups is 1. The summed E-state index contributed by atoms with van der Waals surface area (Å²) in [5.41, 5.74) is 0.766. The normalized spacial score (nSPS) is 16.8. The van der Waals surface area contributed by atoms with Gasteiger partial charge in [0.2, 0.25) is 0 Å². The van der Waals surface area contributed by atoms with Gasteiger partial charge in [-0.05, 0) is 51.8 Å². The summed E-state index contributed by atoms with van der Waals surface area (Å²) in [6.45, 7) is 7.26. The molecule has 0 saturated carbocycles. The highest BCUT2D eigenvalue weighted by molar-refractivity contribution is 5.70. The van der Waals surface area contributed by atoms with Gasteiger partial charge in [0, 0.05) is 19.2 Å². The Morgan fingerprint density at radius 2 is 2.14 bits per heavy atom. The first-order valence-corrected chi connectivity index (χ1v) is 9.75. The summed E-state index contributed by atoms with van der Waals surface area (Å²) in [6.07, 6.45) is 5.33. The molecule has 1 saturated heterocycles. The summed E-state index contributed by atoms with van der Waals surface area (Å²) in [5.74, 6) is 0.611. The molecule has 2 rings (SSSR count). The lowest BCUT2D eigenvalue weighted by Crippen LogP contribution is -2.39. The molecule has 7 nitrogen and oxygen atoms in total. The topological polar surface area (TPSA) is 81.0 Å². The van der Waals surface area contributed by atoms with Crippen LogP contribution in [-0.4, -0.2) is 56.3 Å². The largest absolute Gasteiger partial charge is 0.467 e. The molecule has 0 N–H and O–H groups in total. The molecule has 29 heavy (non-hydrogen) atoms. The summed E-state index contributed by atoms with van der Waals surface area (Å²) in [7, 11) is 1.61. The van der Waals surface area contributed by atoms with E-state index in [1.54, 1.807) is 30.2 Å². The van der Waals surface area contributed by atoms with E-state index >= 15 is 0 Å². The summed E-state index contributed by atoms with van der Waals surface area (Å²) < 4.78 is 21.5. The number of rotatable bonds is 8. The number of nitrogens with zero attached hydrogens (tertiary/aromatic N) is 2. The van der Waals surface area contributed by atoms with Crippen molar-refractivity contribution in [1.82, 2.24) is 4.90 Å². The Bertz CT molecular complexity index is 749. The molecule has 0 aliphatic carbocycles. The fourth-order valence-electron chi connectivity index (χ4n) is 2.94. The molecule has 1 aromatic carbocycles. The highest BCUT2D eigenvalue weighted by Gasteiger charge is 2.30. The second kappa shape index (κ2) is 10.8. The van der Waals surface area contributed by atoms with Crippen molar-refractivity contribution in [1.29, 1.82) is 5.26 Å². The van der Waals surface area contributed by atoms with Crippen molar-refractivity contribution in [2.45, 2.75) is 45.3 Å². The maximum absolute atomic E-state index is 12.5. The van der Waals surface area contributed by atoms with Gasteiger partial charge in [-0.2, -0.15) is 5.26 Å². The predicted molar refractivity (Wildman–Crippen MR) is 109 cm³/mol. The second-order valence-electron chi connectivity index (χ2n) is 7.77. The molecule has 1 unspecified atom stereocenters. The van der Waals surface area contributed by atoms with Crippen LogP contribution in [0.5, 0.6) is 5.75 Å². The van der Waals surface area contributed by atoms with E-state index in [0.717, 1.165) is 18.4 Å². The van der Waals surface area contributed by atoms with E-state index < -0.39 is 5.60 Å². The maximum atomic E-state index is 12.5. The Morgan fingerprint density at radius 3 is 2.83 bits per heavy atom. The van der Waals surface area contributed by atoms with Crippen LogP contribution in [0.1, 0.15) is 44.7 Å². The number of methoxy groups -OCH3 is 1. The van der Waals surface area contributed by atoms with Crippen molar-refractivity contribution in [3.63, 3.8) is 0 Å². The average Bonchev–Trinajstić information content (AvgIpc) is 3.14. The number of ether oxygens (including phenoxy) is 4. The maximum Gasteiger partial charge on any atom is 0.410 e. The van der Waals surface area contributed by atoms with Crippen LogP contribution in [0.4, 0.5) is 4.79 Å². The molecule has 0 spiro atoms. The summed E-state index contributed by atoms with van der Waals surface area (Å²) in [6, 6.07) is 7.29. The lowest BCUT2D eigenvalue weighted by atomic mass is 10.1. The monoisotopic (exact) mass is 402 g/mol. The van der Waals surface area contributed by atoms with Crippen LogP contribution >= 0.6 is 0 Å². The number of benzene rings is 1. The number of hydrogen-bond donors (Lipinski definition) is 0. The zero-order valence-corrected chi connectivity index (χ0v) is 17.6. The number of likely N-dealkylation sites (tertiary alicyclic amines) is 1. The van der Waals surface area contributed by atoms with Gasteiger partial charge in [0.25, 0.3) is 0 Å². The molecular weight excluding hydrogens is 372 g/mol. The highest BCUT2D eigenvalue weighted by atomic mass is 16.7. The van der Waals surface area contributed by atoms with E-state index in [2.05, 4.69) is 6.07 Å². The van der Waals surface area contributed by atoms with Crippen LogP contribution in [0.15, 0.2) is 24.3 Å². The number of carbonyl (C=O) groups excluding carboxylic acids is 1. The SMILES string of the molecule is COCCOCOc1ccc(C#N)cc1/C=C/C1CCCN1C(=O)OC(C)(C)C. The lowest BCUT2D eigenvalue weighted by molar-refractivity contribution is -0.00856. The van der Waals surface area contributed by atoms with Gasteiger partial charge in [0.15, 0.2) is 6.79 Å². The minimum absolute atomic E-state index is 0.0543. The van der Waals surface area contributed by atoms with Crippen LogP contribution < -0.4 is 4.74 Å². The predicted octanol–water partition coefficient (Wildman–Crippen LogP) is 3.97. The fourth-order valence-corrected chi connectivity index (χ4v) is 2.94. The van der Waals surface area contributed by atoms with Crippen molar-refractivity contribution in [2.75, 3.05) is 33.7 Å². The van der Waals surface area contributed by atoms with Gasteiger partial charge < -0.3 is 23.8 Å². The molecule has 0 aromatic heterocycles. The molecule has 1 amide bonds. The van der Waals surface area contributed by atoms with Crippen molar-refractivity contribution in [3.8, 4) is 11.8 Å². The quantitative estimate of drug-likeness (QED) is 0.483. The molecule has 1 atom stereocenters. The molecule has 1 aliphatic heterocycles. The molecule has 0 bridgehead atoms. The summed E-state index contributed by atoms with van der Waals surface area (Å²) in [4.78, 5) is 14.2. The van der Waals surface area contributed by atoms with Crippen molar-refractivity contribution in [2.24, 2.45) is 0 Å². The van der Waals surface area contributed by atoms with Crippen molar-refractivity contribution in [3.05, 3.63) is 35.4 Å². The molecule has 1 aromatic rings. The summed E-state index contributed by atoms with van der Waals surface area (Å²) in [5, 5.41) is 9.21. The molecular formula is C22H30N2O5. The molecule has 158 valence electrons. The minimum Gasteiger partial charge on any atom is -0.467 e. The third-order valence-electron chi connectivity index (χ3n) is 4.29. The Labute approximate surface area is 172 Å². The minimum atomic E-state index is -0.529. The van der Waals surface area contributed by atoms with Gasteiger partial charge in [-0.15, -0.1) is 0 Å². The Balaban J connectivity index is 2.09. The smallest absolute Gasteiger partial charge is 0.410 e. The molecule has 0 radical (unpaired) electrons. The average molecular weight is 402 g/mol. The van der Waals surface area contributed by atoms with Crippen molar-refractivity contribution >= 4 is 12.2 Å². The Hall–Kier alpha value is -2.56. The van der Waals surface area contributed by atoms with Crippen LogP contribution in [0.25, 0.3) is 6.08 Å². The molecule has 1 aliphatic rings. The van der Waals surface area contributed by atoms with Gasteiger partial charge in [-0.1, -0.05) is 12.2 Å². The number of hydrogen-bond acceptors (Lipinski definition) is 6. The van der Waals surface area contributed by atoms with Gasteiger partial charge in [-0.25, -0.2) is 4.79 Å². The molecule has 1 heterocycles. The van der Waals surface area contributed by atoms with E-state index in [1.165, 1.54) is 0 Å². The first-order chi connectivity index (χ1) is 13.8. The fraction of sp³-hybridized carbons (Fsp3) is 0.545. The Morgan fingerprint density at radius 1 is 1.34 bits per heavy atom. The van der Waals surface area contributed by atoms with E-state index in [-0.39, 0.29) is 18.9 Å². The Kier molecular flexibility index (Phi) is 8.50. The zero-order valence-electron chi connectivity index (χ0n) is 17.6. The first-order valence-electron chi connectivity index (χ1n) is 9.75. The van der Waals surface area contributed by atoms with Gasteiger partial charge >= 0.3 is 6.09 Å². The van der Waals surface area contributed by atoms with E-state index in [1.807, 2.05) is 32.9 Å². The van der Waals surface area contributed by atoms with Crippen LogP contribution in [0.3, 0.4) is 0 Å². The van der Waals surface area contributed by atoms with Crippen LogP contribution in [0, 0.1) is 11.3 Å². The second-order valence-corrected chi connectivity index (χ2v) is 7.77. The highest BCUT2D eigenvalue weighted by Crippen LogP contribution is 2.26.